The van der Waals surface area contributed by atoms with E-state index in [-0.39, 0.29) is 11.7 Å². The van der Waals surface area contributed by atoms with Gasteiger partial charge < -0.3 is 14.6 Å². The minimum Gasteiger partial charge on any atom is -0.507 e. The Labute approximate surface area is 159 Å². The van der Waals surface area contributed by atoms with Gasteiger partial charge in [0.2, 0.25) is 5.91 Å². The van der Waals surface area contributed by atoms with Crippen molar-refractivity contribution >= 4 is 33.6 Å². The standard InChI is InChI=1S/C17H21BrN4O2S/c1-2-22-16(13-10-12(18)6-7-14(13)23)19-20-17(22)25-11-15(24)21-8-4-3-5-9-21/h6-7,10,23H,2-5,8-9,11H2,1H3. The molecule has 25 heavy (non-hydrogen) atoms. The smallest absolute Gasteiger partial charge is 0.233 e. The van der Waals surface area contributed by atoms with E-state index in [1.807, 2.05) is 22.5 Å². The van der Waals surface area contributed by atoms with Crippen LogP contribution < -0.4 is 0 Å². The number of hydrogen-bond acceptors (Lipinski definition) is 5. The first-order chi connectivity index (χ1) is 12.1. The van der Waals surface area contributed by atoms with Crippen molar-refractivity contribution in [3.63, 3.8) is 0 Å². The van der Waals surface area contributed by atoms with Crippen LogP contribution in [-0.2, 0) is 11.3 Å². The number of amides is 1. The Morgan fingerprint density at radius 1 is 1.28 bits per heavy atom. The lowest BCUT2D eigenvalue weighted by atomic mass is 10.1. The van der Waals surface area contributed by atoms with Gasteiger partial charge in [0, 0.05) is 24.1 Å². The molecule has 0 radical (unpaired) electrons. The molecule has 2 heterocycles. The van der Waals surface area contributed by atoms with E-state index in [0.717, 1.165) is 30.4 Å². The normalized spacial score (nSPS) is 14.7. The molecule has 1 amide bonds. The molecular formula is C17H21BrN4O2S. The number of phenols is 1. The van der Waals surface area contributed by atoms with Gasteiger partial charge in [0.15, 0.2) is 11.0 Å². The van der Waals surface area contributed by atoms with E-state index in [9.17, 15) is 9.90 Å². The second-order valence-electron chi connectivity index (χ2n) is 5.94. The summed E-state index contributed by atoms with van der Waals surface area (Å²) in [6.07, 6.45) is 3.39. The highest BCUT2D eigenvalue weighted by Gasteiger charge is 2.20. The van der Waals surface area contributed by atoms with Crippen LogP contribution in [0.3, 0.4) is 0 Å². The van der Waals surface area contributed by atoms with E-state index in [2.05, 4.69) is 26.1 Å². The largest absolute Gasteiger partial charge is 0.507 e. The lowest BCUT2D eigenvalue weighted by Crippen LogP contribution is -2.36. The molecule has 0 aliphatic carbocycles. The number of aromatic nitrogens is 3. The summed E-state index contributed by atoms with van der Waals surface area (Å²) in [6, 6.07) is 5.22. The Balaban J connectivity index is 1.76. The molecule has 0 atom stereocenters. The van der Waals surface area contributed by atoms with Gasteiger partial charge in [-0.1, -0.05) is 27.7 Å². The number of carbonyl (C=O) groups excluding carboxylic acids is 1. The van der Waals surface area contributed by atoms with Crippen molar-refractivity contribution in [2.24, 2.45) is 0 Å². The highest BCUT2D eigenvalue weighted by molar-refractivity contribution is 9.10. The Bertz CT molecular complexity index is 759. The minimum atomic E-state index is 0.155. The Morgan fingerprint density at radius 2 is 2.04 bits per heavy atom. The van der Waals surface area contributed by atoms with E-state index < -0.39 is 0 Å². The Kier molecular flexibility index (Phi) is 6.01. The molecule has 0 bridgehead atoms. The maximum absolute atomic E-state index is 12.3. The van der Waals surface area contributed by atoms with Crippen LogP contribution in [0.15, 0.2) is 27.8 Å². The van der Waals surface area contributed by atoms with Gasteiger partial charge in [-0.05, 0) is 44.4 Å². The number of halogens is 1. The van der Waals surface area contributed by atoms with E-state index in [1.165, 1.54) is 18.2 Å². The van der Waals surface area contributed by atoms with Crippen LogP contribution in [-0.4, -0.2) is 49.5 Å². The quantitative estimate of drug-likeness (QED) is 0.743. The molecule has 0 spiro atoms. The van der Waals surface area contributed by atoms with Crippen molar-refractivity contribution in [2.45, 2.75) is 37.9 Å². The molecule has 1 fully saturated rings. The van der Waals surface area contributed by atoms with Crippen molar-refractivity contribution in [2.75, 3.05) is 18.8 Å². The maximum atomic E-state index is 12.3. The van der Waals surface area contributed by atoms with Gasteiger partial charge >= 0.3 is 0 Å². The number of nitrogens with zero attached hydrogens (tertiary/aromatic N) is 4. The molecule has 3 rings (SSSR count). The van der Waals surface area contributed by atoms with E-state index in [4.69, 9.17) is 0 Å². The summed E-state index contributed by atoms with van der Waals surface area (Å²) < 4.78 is 2.79. The fraction of sp³-hybridized carbons (Fsp3) is 0.471. The van der Waals surface area contributed by atoms with Crippen LogP contribution in [0.4, 0.5) is 0 Å². The monoisotopic (exact) mass is 424 g/mol. The van der Waals surface area contributed by atoms with E-state index in [0.29, 0.717) is 28.8 Å². The molecule has 1 aliphatic rings. The highest BCUT2D eigenvalue weighted by atomic mass is 79.9. The van der Waals surface area contributed by atoms with Gasteiger partial charge in [-0.2, -0.15) is 0 Å². The van der Waals surface area contributed by atoms with Crippen LogP contribution >= 0.6 is 27.7 Å². The van der Waals surface area contributed by atoms with Crippen molar-refractivity contribution in [3.05, 3.63) is 22.7 Å². The van der Waals surface area contributed by atoms with Gasteiger partial charge in [-0.25, -0.2) is 0 Å². The summed E-state index contributed by atoms with van der Waals surface area (Å²) in [5.74, 6) is 1.28. The van der Waals surface area contributed by atoms with Crippen molar-refractivity contribution in [3.8, 4) is 17.1 Å². The SMILES string of the molecule is CCn1c(SCC(=O)N2CCCCC2)nnc1-c1cc(Br)ccc1O. The molecule has 2 aromatic rings. The number of likely N-dealkylation sites (tertiary alicyclic amines) is 1. The maximum Gasteiger partial charge on any atom is 0.233 e. The summed E-state index contributed by atoms with van der Waals surface area (Å²) in [4.78, 5) is 14.3. The number of carbonyl (C=O) groups is 1. The summed E-state index contributed by atoms with van der Waals surface area (Å²) in [5.41, 5.74) is 0.623. The number of phenolic OH excluding ortho intramolecular Hbond substituents is 1. The average Bonchev–Trinajstić information content (AvgIpc) is 3.05. The second-order valence-corrected chi connectivity index (χ2v) is 7.80. The average molecular weight is 425 g/mol. The van der Waals surface area contributed by atoms with Crippen LogP contribution in [0, 0.1) is 0 Å². The number of benzene rings is 1. The molecule has 1 aromatic heterocycles. The molecule has 6 nitrogen and oxygen atoms in total. The van der Waals surface area contributed by atoms with Crippen molar-refractivity contribution in [1.29, 1.82) is 0 Å². The van der Waals surface area contributed by atoms with Gasteiger partial charge in [0.1, 0.15) is 5.75 Å². The Morgan fingerprint density at radius 3 is 2.76 bits per heavy atom. The third kappa shape index (κ3) is 4.17. The summed E-state index contributed by atoms with van der Waals surface area (Å²) in [7, 11) is 0. The third-order valence-corrected chi connectivity index (χ3v) is 5.71. The van der Waals surface area contributed by atoms with Crippen LogP contribution in [0.1, 0.15) is 26.2 Å². The summed E-state index contributed by atoms with van der Waals surface area (Å²) in [6.45, 7) is 4.38. The first kappa shape index (κ1) is 18.3. The van der Waals surface area contributed by atoms with Crippen LogP contribution in [0.25, 0.3) is 11.4 Å². The molecule has 1 N–H and O–H groups in total. The van der Waals surface area contributed by atoms with E-state index >= 15 is 0 Å². The predicted octanol–water partition coefficient (Wildman–Crippen LogP) is 3.54. The number of aromatic hydroxyl groups is 1. The fourth-order valence-corrected chi connectivity index (χ4v) is 4.19. The first-order valence-electron chi connectivity index (χ1n) is 8.42. The molecule has 1 aromatic carbocycles. The van der Waals surface area contributed by atoms with Crippen LogP contribution in [0.5, 0.6) is 5.75 Å². The molecule has 0 saturated carbocycles. The lowest BCUT2D eigenvalue weighted by Gasteiger charge is -2.26. The van der Waals surface area contributed by atoms with Gasteiger partial charge in [0.05, 0.1) is 11.3 Å². The van der Waals surface area contributed by atoms with Crippen LogP contribution in [0.2, 0.25) is 0 Å². The number of hydrogen-bond donors (Lipinski definition) is 1. The number of rotatable bonds is 5. The van der Waals surface area contributed by atoms with Crippen molar-refractivity contribution in [1.82, 2.24) is 19.7 Å². The molecule has 134 valence electrons. The third-order valence-electron chi connectivity index (χ3n) is 4.27. The topological polar surface area (TPSA) is 71.2 Å². The van der Waals surface area contributed by atoms with Gasteiger partial charge in [0.25, 0.3) is 0 Å². The van der Waals surface area contributed by atoms with Crippen molar-refractivity contribution < 1.29 is 9.90 Å². The number of piperidine rings is 1. The summed E-state index contributed by atoms with van der Waals surface area (Å²) >= 11 is 4.82. The zero-order valence-corrected chi connectivity index (χ0v) is 16.5. The molecule has 0 unspecified atom stereocenters. The minimum absolute atomic E-state index is 0.155. The molecule has 1 saturated heterocycles. The first-order valence-corrected chi connectivity index (χ1v) is 10.2. The fourth-order valence-electron chi connectivity index (χ4n) is 2.93. The Hall–Kier alpha value is -1.54. The van der Waals surface area contributed by atoms with E-state index in [1.54, 1.807) is 12.1 Å². The number of thioether (sulfide) groups is 1. The molecule has 8 heteroatoms. The molecular weight excluding hydrogens is 404 g/mol. The molecule has 1 aliphatic heterocycles. The van der Waals surface area contributed by atoms with Gasteiger partial charge in [-0.15, -0.1) is 10.2 Å². The zero-order valence-electron chi connectivity index (χ0n) is 14.1. The lowest BCUT2D eigenvalue weighted by molar-refractivity contribution is -0.129. The highest BCUT2D eigenvalue weighted by Crippen LogP contribution is 2.32. The summed E-state index contributed by atoms with van der Waals surface area (Å²) in [5, 5.41) is 19.3. The predicted molar refractivity (Wildman–Crippen MR) is 102 cm³/mol. The van der Waals surface area contributed by atoms with Gasteiger partial charge in [-0.3, -0.25) is 4.79 Å². The second kappa shape index (κ2) is 8.23. The zero-order chi connectivity index (χ0) is 17.8.